The van der Waals surface area contributed by atoms with Gasteiger partial charge in [0.15, 0.2) is 0 Å². The van der Waals surface area contributed by atoms with Crippen LogP contribution in [0.1, 0.15) is 146 Å². The van der Waals surface area contributed by atoms with Gasteiger partial charge < -0.3 is 47.2 Å². The summed E-state index contributed by atoms with van der Waals surface area (Å²) in [4.78, 5) is 100. The number of carboxylic acid groups (broad SMARTS) is 1. The second kappa shape index (κ2) is 37.7. The van der Waals surface area contributed by atoms with E-state index in [9.17, 15) is 51.5 Å². The van der Waals surface area contributed by atoms with Gasteiger partial charge in [0, 0.05) is 80.6 Å². The molecule has 8 aliphatic rings. The fraction of sp³-hybridized carbons (Fsp3) is 0.283. The molecular formula is C99H96F3IN14O9. The maximum Gasteiger partial charge on any atom is 0.306 e. The van der Waals surface area contributed by atoms with Crippen molar-refractivity contribution in [3.05, 3.63) is 309 Å². The number of hydrogen-bond acceptors (Lipinski definition) is 12. The summed E-state index contributed by atoms with van der Waals surface area (Å²) >= 11 is 2.27. The highest BCUT2D eigenvalue weighted by atomic mass is 127. The third kappa shape index (κ3) is 20.0. The third-order valence-corrected chi connectivity index (χ3v) is 24.8. The first-order valence-electron chi connectivity index (χ1n) is 42.6. The van der Waals surface area contributed by atoms with Crippen LogP contribution in [0.15, 0.2) is 243 Å². The van der Waals surface area contributed by atoms with Crippen LogP contribution in [0, 0.1) is 72.4 Å². The van der Waals surface area contributed by atoms with Crippen molar-refractivity contribution >= 4 is 114 Å². The number of carbonyl (C=O) groups excluding carboxylic acids is 7. The van der Waals surface area contributed by atoms with E-state index in [1.54, 1.807) is 58.2 Å². The van der Waals surface area contributed by atoms with Crippen LogP contribution in [0.3, 0.4) is 0 Å². The Morgan fingerprint density at radius 2 is 0.706 bits per heavy atom. The number of halogens is 4. The van der Waals surface area contributed by atoms with E-state index in [4.69, 9.17) is 10.8 Å². The summed E-state index contributed by atoms with van der Waals surface area (Å²) in [6, 6.07) is 66.9. The average molecular weight is 1810 g/mol. The zero-order valence-electron chi connectivity index (χ0n) is 69.9. The zero-order chi connectivity index (χ0) is 88.1. The van der Waals surface area contributed by atoms with Crippen LogP contribution in [-0.2, 0) is 38.4 Å². The number of fused-ring (bicyclic) bond motifs is 3. The molecule has 7 amide bonds. The Morgan fingerprint density at radius 1 is 0.389 bits per heavy atom. The molecule has 4 saturated carbocycles. The molecule has 27 heteroatoms. The van der Waals surface area contributed by atoms with Crippen molar-refractivity contribution in [3.8, 4) is 17.1 Å². The lowest BCUT2D eigenvalue weighted by molar-refractivity contribution is -0.138. The van der Waals surface area contributed by atoms with Crippen molar-refractivity contribution in [2.75, 3.05) is 9.80 Å². The number of nitrogens with zero attached hydrogens (tertiary/aromatic N) is 8. The monoisotopic (exact) mass is 1810 g/mol. The number of carboxylic acids is 1. The average Bonchev–Trinajstić information content (AvgIpc) is 1.58. The molecule has 4 saturated heterocycles. The summed E-state index contributed by atoms with van der Waals surface area (Å²) in [7, 11) is 0. The highest BCUT2D eigenvalue weighted by Gasteiger charge is 2.47. The van der Waals surface area contributed by atoms with E-state index in [0.717, 1.165) is 151 Å². The van der Waals surface area contributed by atoms with Crippen molar-refractivity contribution in [2.45, 2.75) is 153 Å². The highest BCUT2D eigenvalue weighted by molar-refractivity contribution is 14.1. The summed E-state index contributed by atoms with van der Waals surface area (Å²) in [5.41, 5.74) is 21.3. The maximum atomic E-state index is 13.4. The number of nitrogens with one attached hydrogen (secondary N) is 5. The van der Waals surface area contributed by atoms with Gasteiger partial charge >= 0.3 is 5.97 Å². The lowest BCUT2D eigenvalue weighted by Gasteiger charge is -2.30. The first-order chi connectivity index (χ1) is 60.9. The van der Waals surface area contributed by atoms with Crippen LogP contribution in [-0.4, -0.2) is 106 Å². The number of hydrogen-bond donors (Lipinski definition) is 7. The lowest BCUT2D eigenvalue weighted by atomic mass is 9.95. The lowest BCUT2D eigenvalue weighted by Crippen LogP contribution is -2.40. The van der Waals surface area contributed by atoms with Gasteiger partial charge in [-0.25, -0.2) is 27.2 Å². The molecule has 4 unspecified atom stereocenters. The molecule has 126 heavy (non-hydrogen) atoms. The molecule has 8 N–H and O–H groups in total. The summed E-state index contributed by atoms with van der Waals surface area (Å²) in [5.74, 6) is -0.937. The number of amides is 7. The van der Waals surface area contributed by atoms with E-state index in [2.05, 4.69) is 70.5 Å². The Labute approximate surface area is 739 Å². The number of carbonyl (C=O) groups is 8. The highest BCUT2D eigenvalue weighted by Crippen LogP contribution is 2.44. The van der Waals surface area contributed by atoms with E-state index in [0.29, 0.717) is 12.8 Å². The molecule has 8 atom stereocenters. The molecular weight excluding hydrogens is 1710 g/mol. The Morgan fingerprint density at radius 3 is 1.05 bits per heavy atom. The molecule has 3 aromatic heterocycles. The van der Waals surface area contributed by atoms with Gasteiger partial charge in [-0.2, -0.15) is 15.3 Å². The topological polar surface area (TPSA) is 303 Å². The van der Waals surface area contributed by atoms with Gasteiger partial charge in [0.1, 0.15) is 17.5 Å². The van der Waals surface area contributed by atoms with Gasteiger partial charge in [0.25, 0.3) is 0 Å². The smallest absolute Gasteiger partial charge is 0.306 e. The Bertz CT molecular complexity index is 6040. The van der Waals surface area contributed by atoms with E-state index in [1.807, 2.05) is 194 Å². The fourth-order valence-electron chi connectivity index (χ4n) is 16.8. The molecule has 4 aliphatic heterocycles. The van der Waals surface area contributed by atoms with Crippen molar-refractivity contribution in [1.29, 1.82) is 0 Å². The first-order valence-corrected chi connectivity index (χ1v) is 43.7. The molecule has 10 aromatic carbocycles. The van der Waals surface area contributed by atoms with Crippen molar-refractivity contribution in [1.82, 2.24) is 55.9 Å². The Balaban J connectivity index is 0.000000119. The van der Waals surface area contributed by atoms with Crippen LogP contribution in [0.2, 0.25) is 0 Å². The largest absolute Gasteiger partial charge is 0.481 e. The minimum Gasteiger partial charge on any atom is -0.481 e. The number of aliphatic carboxylic acids is 1. The minimum atomic E-state index is -0.630. The Kier molecular flexibility index (Phi) is 25.9. The molecule has 0 bridgehead atoms. The maximum absolute atomic E-state index is 13.4. The van der Waals surface area contributed by atoms with Gasteiger partial charge in [-0.1, -0.05) is 97.1 Å². The third-order valence-electron chi connectivity index (χ3n) is 24.2. The number of nitrogens with two attached hydrogens (primary N) is 1. The van der Waals surface area contributed by atoms with Crippen LogP contribution < -0.4 is 42.1 Å². The Hall–Kier alpha value is -13.2. The van der Waals surface area contributed by atoms with Crippen LogP contribution in [0.5, 0.6) is 0 Å². The van der Waals surface area contributed by atoms with Crippen molar-refractivity contribution < 1.29 is 56.6 Å². The van der Waals surface area contributed by atoms with Gasteiger partial charge in [0.05, 0.1) is 100 Å². The van der Waals surface area contributed by atoms with E-state index in [-0.39, 0.29) is 144 Å². The minimum absolute atomic E-state index is 0.00866. The fourth-order valence-corrected chi connectivity index (χ4v) is 17.3. The molecule has 23 nitrogen and oxygen atoms in total. The molecule has 0 spiro atoms. The molecule has 8 fully saturated rings. The first kappa shape index (κ1) is 86.4. The molecule has 7 heterocycles. The molecule has 13 aromatic rings. The SMILES string of the molecule is Cc1ccccc1C1NC(=O)C[C@@H]1N.Cc1ccccc1C1NC(=O)C[C@@H]1NC(=O)C1CC1.Cc1ccccc1C1[C@@H](NC(=O)C2CC2)CC(=O)N1c1ccc2c(cnn2-c2ccc(F)cc2)c1.Cc1ccccc1C1[C@H](NC(=O)C2CC2)CC(=O)N1c1ccc2c(cnn2-c2ccc(F)cc2)c1.Fc1ccc(-n2ncc3cc(I)ccc32)cc1.O=C(O)C1CC1. The normalized spacial score (nSPS) is 20.4. The summed E-state index contributed by atoms with van der Waals surface area (Å²) in [5, 5.41) is 39.4. The number of anilines is 2. The van der Waals surface area contributed by atoms with Crippen LogP contribution in [0.25, 0.3) is 49.8 Å². The molecule has 21 rings (SSSR count). The second-order valence-electron chi connectivity index (χ2n) is 33.5. The van der Waals surface area contributed by atoms with Crippen molar-refractivity contribution in [3.63, 3.8) is 0 Å². The summed E-state index contributed by atoms with van der Waals surface area (Å²) in [6.07, 6.45) is 14.1. The predicted octanol–water partition coefficient (Wildman–Crippen LogP) is 16.3. The van der Waals surface area contributed by atoms with Crippen LogP contribution in [0.4, 0.5) is 24.5 Å². The van der Waals surface area contributed by atoms with E-state index >= 15 is 0 Å². The quantitative estimate of drug-likeness (QED) is 0.0443. The van der Waals surface area contributed by atoms with Crippen LogP contribution >= 0.6 is 22.6 Å². The number of aryl methyl sites for hydroxylation is 4. The predicted molar refractivity (Wildman–Crippen MR) is 484 cm³/mol. The van der Waals surface area contributed by atoms with Gasteiger partial charge in [-0.05, 0) is 274 Å². The van der Waals surface area contributed by atoms with E-state index < -0.39 is 5.97 Å². The number of benzene rings is 10. The summed E-state index contributed by atoms with van der Waals surface area (Å²) < 4.78 is 46.1. The zero-order valence-corrected chi connectivity index (χ0v) is 72.0. The van der Waals surface area contributed by atoms with E-state index in [1.165, 1.54) is 45.5 Å². The van der Waals surface area contributed by atoms with Gasteiger partial charge in [-0.15, -0.1) is 0 Å². The molecule has 0 radical (unpaired) electrons. The molecule has 4 aliphatic carbocycles. The van der Waals surface area contributed by atoms with Gasteiger partial charge in [-0.3, -0.25) is 38.4 Å². The second-order valence-corrected chi connectivity index (χ2v) is 34.7. The van der Waals surface area contributed by atoms with Gasteiger partial charge in [0.2, 0.25) is 41.4 Å². The summed E-state index contributed by atoms with van der Waals surface area (Å²) in [6.45, 7) is 8.13. The number of rotatable bonds is 16. The standard InChI is InChI=1S/2C28H25FN4O2.C15H18N2O2.C13H8FIN2.C11H14N2O.C4H6O2/c2*1-17-4-2-3-5-23(17)27-24(31-28(35)18-6-7-18)15-26(34)32(27)22-12-13-25-19(14-22)16-30-33(25)21-10-8-20(29)9-11-21;1-9-4-2-3-5-11(9)14-12(8-13(18)17-14)16-15(19)10-6-7-10;14-10-1-4-12(5-2-10)17-13-6-3-11(15)7-9(13)8-16-17;1-7-4-2-3-5-8(7)11-9(12)6-10(14)13-11;5-4(6)3-1-2-3/h2*2-5,8-14,16,18,24,27H,6-7,15H2,1H3,(H,31,35);2-5,10,12,14H,6-8H2,1H3,(H,16,19)(H,17,18);1-8H;2-5,9,11H,6,12H2,1H3,(H,13,14);3H,1-2H2,(H,5,6)/t2*24-,27?;12-,14?;;9-,11?;/m100.0./s1. The molecule has 644 valence electrons. The van der Waals surface area contributed by atoms with Crippen molar-refractivity contribution in [2.24, 2.45) is 29.4 Å². The number of aromatic nitrogens is 6.